The predicted molar refractivity (Wildman–Crippen MR) is 146 cm³/mol. The van der Waals surface area contributed by atoms with Gasteiger partial charge in [-0.1, -0.05) is 36.4 Å². The first kappa shape index (κ1) is 23.8. The monoisotopic (exact) mass is 477 g/mol. The van der Waals surface area contributed by atoms with Gasteiger partial charge in [-0.2, -0.15) is 5.26 Å². The van der Waals surface area contributed by atoms with Crippen molar-refractivity contribution in [2.24, 2.45) is 0 Å². The molecule has 3 heterocycles. The molecular weight excluding hydrogens is 446 g/mol. The summed E-state index contributed by atoms with van der Waals surface area (Å²) in [5.74, 6) is 0. The number of rotatable bonds is 6. The van der Waals surface area contributed by atoms with Crippen molar-refractivity contribution < 1.29 is 5.11 Å². The molecule has 0 spiro atoms. The number of aliphatic hydroxyl groups excluding tert-OH is 1. The van der Waals surface area contributed by atoms with Crippen LogP contribution in [0.15, 0.2) is 54.9 Å². The minimum atomic E-state index is -0.159. The second kappa shape index (κ2) is 10.4. The van der Waals surface area contributed by atoms with Gasteiger partial charge in [0.1, 0.15) is 6.07 Å². The van der Waals surface area contributed by atoms with Gasteiger partial charge in [-0.25, -0.2) is 0 Å². The highest BCUT2D eigenvalue weighted by Crippen LogP contribution is 2.32. The van der Waals surface area contributed by atoms with E-state index in [2.05, 4.69) is 75.7 Å². The lowest BCUT2D eigenvalue weighted by Crippen LogP contribution is -2.35. The number of aliphatic hydroxyl groups is 1. The highest BCUT2D eigenvalue weighted by atomic mass is 16.3. The number of aryl methyl sites for hydroxylation is 2. The Morgan fingerprint density at radius 2 is 2.00 bits per heavy atom. The number of fused-ring (bicyclic) bond motifs is 1. The molecule has 1 fully saturated rings. The molecule has 1 saturated heterocycles. The van der Waals surface area contributed by atoms with Crippen molar-refractivity contribution in [3.63, 3.8) is 0 Å². The van der Waals surface area contributed by atoms with Crippen LogP contribution in [0.5, 0.6) is 0 Å². The number of nitrogens with one attached hydrogen (secondary N) is 2. The molecule has 6 heteroatoms. The van der Waals surface area contributed by atoms with Crippen LogP contribution in [-0.2, 0) is 6.54 Å². The summed E-state index contributed by atoms with van der Waals surface area (Å²) in [4.78, 5) is 10.1. The summed E-state index contributed by atoms with van der Waals surface area (Å²) >= 11 is 0. The summed E-state index contributed by atoms with van der Waals surface area (Å²) in [6, 6.07) is 17.0. The van der Waals surface area contributed by atoms with Gasteiger partial charge in [0.15, 0.2) is 0 Å². The zero-order chi connectivity index (χ0) is 25.1. The van der Waals surface area contributed by atoms with Crippen molar-refractivity contribution >= 4 is 34.4 Å². The Kier molecular flexibility index (Phi) is 6.86. The van der Waals surface area contributed by atoms with Crippen molar-refractivity contribution in [2.75, 3.05) is 18.4 Å². The Labute approximate surface area is 211 Å². The van der Waals surface area contributed by atoms with Gasteiger partial charge in [0.25, 0.3) is 0 Å². The zero-order valence-electron chi connectivity index (χ0n) is 20.8. The van der Waals surface area contributed by atoms with Crippen molar-refractivity contribution in [3.8, 4) is 6.07 Å². The van der Waals surface area contributed by atoms with E-state index >= 15 is 0 Å². The largest absolute Gasteiger partial charge is 0.393 e. The molecule has 4 aromatic rings. The second-order valence-electron chi connectivity index (χ2n) is 9.55. The van der Waals surface area contributed by atoms with E-state index in [0.717, 1.165) is 77.1 Å². The van der Waals surface area contributed by atoms with Gasteiger partial charge in [0.05, 0.1) is 17.4 Å². The molecule has 1 aliphatic rings. The zero-order valence-corrected chi connectivity index (χ0v) is 20.8. The van der Waals surface area contributed by atoms with Gasteiger partial charge in [-0.3, -0.25) is 9.88 Å². The summed E-state index contributed by atoms with van der Waals surface area (Å²) in [7, 11) is 0. The average Bonchev–Trinajstić information content (AvgIpc) is 3.37. The lowest BCUT2D eigenvalue weighted by atomic mass is 10.0. The minimum absolute atomic E-state index is 0.159. The molecule has 36 heavy (non-hydrogen) atoms. The lowest BCUT2D eigenvalue weighted by Gasteiger charge is -2.29. The molecule has 2 aromatic heterocycles. The van der Waals surface area contributed by atoms with E-state index in [4.69, 9.17) is 0 Å². The van der Waals surface area contributed by atoms with Crippen molar-refractivity contribution in [2.45, 2.75) is 39.3 Å². The molecule has 0 atom stereocenters. The van der Waals surface area contributed by atoms with Gasteiger partial charge < -0.3 is 15.4 Å². The Morgan fingerprint density at radius 3 is 2.81 bits per heavy atom. The summed E-state index contributed by atoms with van der Waals surface area (Å²) in [5, 5.41) is 24.3. The minimum Gasteiger partial charge on any atom is -0.393 e. The second-order valence-corrected chi connectivity index (χ2v) is 9.55. The number of benzene rings is 2. The van der Waals surface area contributed by atoms with Gasteiger partial charge in [0, 0.05) is 59.9 Å². The van der Waals surface area contributed by atoms with Crippen LogP contribution in [0.1, 0.15) is 46.4 Å². The third-order valence-corrected chi connectivity index (χ3v) is 7.06. The van der Waals surface area contributed by atoms with E-state index < -0.39 is 0 Å². The number of nitriles is 1. The van der Waals surface area contributed by atoms with E-state index in [-0.39, 0.29) is 6.10 Å². The Hall–Kier alpha value is -3.92. The summed E-state index contributed by atoms with van der Waals surface area (Å²) in [6.45, 7) is 6.79. The van der Waals surface area contributed by atoms with E-state index in [0.29, 0.717) is 5.56 Å². The van der Waals surface area contributed by atoms with Crippen molar-refractivity contribution in [1.29, 1.82) is 5.26 Å². The number of anilines is 2. The van der Waals surface area contributed by atoms with Crippen LogP contribution in [-0.4, -0.2) is 39.2 Å². The molecule has 6 nitrogen and oxygen atoms in total. The maximum absolute atomic E-state index is 9.83. The van der Waals surface area contributed by atoms with E-state index in [1.165, 1.54) is 5.56 Å². The molecular formula is C30H31N5O. The highest BCUT2D eigenvalue weighted by molar-refractivity contribution is 5.90. The molecule has 2 aromatic carbocycles. The summed E-state index contributed by atoms with van der Waals surface area (Å²) in [5.41, 5.74) is 8.56. The van der Waals surface area contributed by atoms with Gasteiger partial charge in [0.2, 0.25) is 0 Å². The first-order chi connectivity index (χ1) is 17.5. The van der Waals surface area contributed by atoms with Crippen LogP contribution in [0, 0.1) is 25.2 Å². The third-order valence-electron chi connectivity index (χ3n) is 7.06. The van der Waals surface area contributed by atoms with Crippen LogP contribution in [0.4, 0.5) is 11.4 Å². The van der Waals surface area contributed by atoms with E-state index in [1.807, 2.05) is 25.3 Å². The number of piperidine rings is 1. The fourth-order valence-electron chi connectivity index (χ4n) is 4.91. The Balaban J connectivity index is 1.43. The molecule has 0 unspecified atom stereocenters. The van der Waals surface area contributed by atoms with Crippen LogP contribution in [0.25, 0.3) is 23.1 Å². The molecule has 0 bridgehead atoms. The number of pyridine rings is 1. The normalized spacial score (nSPS) is 14.9. The van der Waals surface area contributed by atoms with Gasteiger partial charge in [-0.15, -0.1) is 0 Å². The number of hydrogen-bond acceptors (Lipinski definition) is 5. The van der Waals surface area contributed by atoms with Gasteiger partial charge in [-0.05, 0) is 61.6 Å². The topological polar surface area (TPSA) is 88.0 Å². The van der Waals surface area contributed by atoms with Crippen LogP contribution < -0.4 is 5.32 Å². The fraction of sp³-hybridized carbons (Fsp3) is 0.267. The van der Waals surface area contributed by atoms with Crippen LogP contribution >= 0.6 is 0 Å². The van der Waals surface area contributed by atoms with E-state index in [1.54, 1.807) is 6.20 Å². The predicted octanol–water partition coefficient (Wildman–Crippen LogP) is 5.92. The van der Waals surface area contributed by atoms with Crippen molar-refractivity contribution in [1.82, 2.24) is 14.9 Å². The first-order valence-corrected chi connectivity index (χ1v) is 12.4. The number of nitrogens with zero attached hydrogens (tertiary/aromatic N) is 3. The number of aromatic amines is 1. The van der Waals surface area contributed by atoms with Gasteiger partial charge >= 0.3 is 0 Å². The third kappa shape index (κ3) is 5.03. The summed E-state index contributed by atoms with van der Waals surface area (Å²) in [6.07, 6.45) is 9.23. The number of H-pyrrole nitrogens is 1. The number of aromatic nitrogens is 2. The Morgan fingerprint density at radius 1 is 1.17 bits per heavy atom. The molecule has 1 aliphatic heterocycles. The lowest BCUT2D eigenvalue weighted by molar-refractivity contribution is 0.0792. The number of likely N-dealkylation sites (tertiary alicyclic amines) is 1. The molecule has 182 valence electrons. The quantitative estimate of drug-likeness (QED) is 0.321. The average molecular weight is 478 g/mol. The van der Waals surface area contributed by atoms with Crippen LogP contribution in [0.3, 0.4) is 0 Å². The van der Waals surface area contributed by atoms with Crippen LogP contribution in [0.2, 0.25) is 0 Å². The fourth-order valence-corrected chi connectivity index (χ4v) is 4.91. The maximum Gasteiger partial charge on any atom is 0.103 e. The SMILES string of the molecule is Cc1ncc(C#N)c(Nc2ccc3[nH]ccc3c2C)c1/C=C/c1cccc(CN2CCC(O)CC2)c1. The first-order valence-electron chi connectivity index (χ1n) is 12.4. The van der Waals surface area contributed by atoms with E-state index in [9.17, 15) is 10.4 Å². The highest BCUT2D eigenvalue weighted by Gasteiger charge is 2.17. The molecule has 0 saturated carbocycles. The Bertz CT molecular complexity index is 1450. The summed E-state index contributed by atoms with van der Waals surface area (Å²) < 4.78 is 0. The molecule has 0 radical (unpaired) electrons. The smallest absolute Gasteiger partial charge is 0.103 e. The molecule has 5 rings (SSSR count). The maximum atomic E-state index is 9.83. The molecule has 0 amide bonds. The number of hydrogen-bond donors (Lipinski definition) is 3. The standard InChI is InChI=1S/C30H31N5O/c1-20-26-10-13-32-29(26)9-8-28(20)34-30-24(17-31)18-33-21(2)27(30)7-6-22-4-3-5-23(16-22)19-35-14-11-25(36)12-15-35/h3-10,13,16,18,25,32,36H,11-12,14-15,19H2,1-2H3,(H,33,34)/b7-6+. The van der Waals surface area contributed by atoms with Crippen molar-refractivity contribution in [3.05, 3.63) is 88.4 Å². The molecule has 3 N–H and O–H groups in total. The molecule has 0 aliphatic carbocycles.